The van der Waals surface area contributed by atoms with E-state index in [1.165, 1.54) is 16.7 Å². The monoisotopic (exact) mass is 285 g/mol. The molecule has 0 aromatic heterocycles. The molecule has 1 aliphatic carbocycles. The number of rotatable bonds is 2. The van der Waals surface area contributed by atoms with Gasteiger partial charge in [0.25, 0.3) is 0 Å². The first kappa shape index (κ1) is 13.7. The van der Waals surface area contributed by atoms with Crippen LogP contribution in [0.2, 0.25) is 5.02 Å². The quantitative estimate of drug-likeness (QED) is 0.793. The van der Waals surface area contributed by atoms with Crippen molar-refractivity contribution in [3.8, 4) is 0 Å². The molecule has 20 heavy (non-hydrogen) atoms. The topological polar surface area (TPSA) is 3.24 Å². The molecule has 0 saturated carbocycles. The molecule has 0 fully saturated rings. The predicted molar refractivity (Wildman–Crippen MR) is 85.5 cm³/mol. The second-order valence-corrected chi connectivity index (χ2v) is 6.30. The summed E-state index contributed by atoms with van der Waals surface area (Å²) >= 11 is 6.18. The minimum Gasteiger partial charge on any atom is -0.306 e. The summed E-state index contributed by atoms with van der Waals surface area (Å²) in [6, 6.07) is 17.7. The normalized spacial score (nSPS) is 21.8. The number of halogens is 1. The van der Waals surface area contributed by atoms with E-state index in [-0.39, 0.29) is 0 Å². The molecule has 2 aromatic rings. The standard InChI is InChI=1S/C18H20ClN/c1-20(2)16-11-14-6-3-4-9-17(14)18(12-16)13-7-5-8-15(19)10-13/h3-10,16,18H,11-12H2,1-2H3/t16-,18+/m1/s1. The molecule has 0 radical (unpaired) electrons. The highest BCUT2D eigenvalue weighted by atomic mass is 35.5. The van der Waals surface area contributed by atoms with Crippen molar-refractivity contribution in [3.63, 3.8) is 0 Å². The molecular weight excluding hydrogens is 266 g/mol. The van der Waals surface area contributed by atoms with E-state index in [1.807, 2.05) is 6.07 Å². The molecule has 0 spiro atoms. The van der Waals surface area contributed by atoms with E-state index >= 15 is 0 Å². The minimum absolute atomic E-state index is 0.450. The van der Waals surface area contributed by atoms with Crippen LogP contribution < -0.4 is 0 Å². The van der Waals surface area contributed by atoms with Gasteiger partial charge in [0.05, 0.1) is 0 Å². The van der Waals surface area contributed by atoms with E-state index in [4.69, 9.17) is 11.6 Å². The van der Waals surface area contributed by atoms with Crippen molar-refractivity contribution in [2.75, 3.05) is 14.1 Å². The molecule has 2 aromatic carbocycles. The Bertz CT molecular complexity index is 606. The summed E-state index contributed by atoms with van der Waals surface area (Å²) in [6.07, 6.45) is 2.30. The van der Waals surface area contributed by atoms with Crippen molar-refractivity contribution >= 4 is 11.6 Å². The third-order valence-electron chi connectivity index (χ3n) is 4.38. The summed E-state index contributed by atoms with van der Waals surface area (Å²) < 4.78 is 0. The summed E-state index contributed by atoms with van der Waals surface area (Å²) in [7, 11) is 4.35. The highest BCUT2D eigenvalue weighted by molar-refractivity contribution is 6.30. The van der Waals surface area contributed by atoms with Gasteiger partial charge in [-0.3, -0.25) is 0 Å². The fourth-order valence-electron chi connectivity index (χ4n) is 3.23. The second kappa shape index (κ2) is 5.59. The van der Waals surface area contributed by atoms with Gasteiger partial charge in [-0.2, -0.15) is 0 Å². The zero-order valence-corrected chi connectivity index (χ0v) is 12.8. The Balaban J connectivity index is 2.05. The van der Waals surface area contributed by atoms with E-state index in [0.29, 0.717) is 12.0 Å². The summed E-state index contributed by atoms with van der Waals surface area (Å²) in [5.74, 6) is 0.450. The second-order valence-electron chi connectivity index (χ2n) is 5.86. The third-order valence-corrected chi connectivity index (χ3v) is 4.61. The number of likely N-dealkylation sites (N-methyl/N-ethyl adjacent to an activating group) is 1. The summed E-state index contributed by atoms with van der Waals surface area (Å²) in [6.45, 7) is 0. The van der Waals surface area contributed by atoms with Crippen LogP contribution in [0.15, 0.2) is 48.5 Å². The van der Waals surface area contributed by atoms with E-state index < -0.39 is 0 Å². The zero-order valence-electron chi connectivity index (χ0n) is 12.0. The van der Waals surface area contributed by atoms with Gasteiger partial charge in [-0.1, -0.05) is 48.0 Å². The molecule has 3 rings (SSSR count). The number of hydrogen-bond acceptors (Lipinski definition) is 1. The van der Waals surface area contributed by atoms with Crippen LogP contribution in [0, 0.1) is 0 Å². The van der Waals surface area contributed by atoms with Crippen molar-refractivity contribution in [2.45, 2.75) is 24.8 Å². The van der Waals surface area contributed by atoms with Crippen LogP contribution in [0.3, 0.4) is 0 Å². The Hall–Kier alpha value is -1.31. The number of fused-ring (bicyclic) bond motifs is 1. The van der Waals surface area contributed by atoms with Crippen LogP contribution >= 0.6 is 11.6 Å². The average Bonchev–Trinajstić information content (AvgIpc) is 2.46. The van der Waals surface area contributed by atoms with Crippen LogP contribution in [-0.4, -0.2) is 25.0 Å². The lowest BCUT2D eigenvalue weighted by molar-refractivity contribution is 0.258. The van der Waals surface area contributed by atoms with Gasteiger partial charge in [0, 0.05) is 17.0 Å². The largest absolute Gasteiger partial charge is 0.306 e. The van der Waals surface area contributed by atoms with Crippen LogP contribution in [-0.2, 0) is 6.42 Å². The van der Waals surface area contributed by atoms with Gasteiger partial charge in [0.15, 0.2) is 0 Å². The molecule has 2 atom stereocenters. The molecule has 1 nitrogen and oxygen atoms in total. The van der Waals surface area contributed by atoms with Crippen molar-refractivity contribution in [3.05, 3.63) is 70.2 Å². The third kappa shape index (κ3) is 2.61. The number of nitrogens with zero attached hydrogens (tertiary/aromatic N) is 1. The molecule has 0 saturated heterocycles. The Morgan fingerprint density at radius 3 is 2.60 bits per heavy atom. The van der Waals surface area contributed by atoms with E-state index in [2.05, 4.69) is 61.5 Å². The molecule has 0 heterocycles. The van der Waals surface area contributed by atoms with Gasteiger partial charge in [-0.15, -0.1) is 0 Å². The van der Waals surface area contributed by atoms with Crippen molar-refractivity contribution in [1.82, 2.24) is 4.90 Å². The van der Waals surface area contributed by atoms with Gasteiger partial charge in [0.2, 0.25) is 0 Å². The maximum Gasteiger partial charge on any atom is 0.0408 e. The van der Waals surface area contributed by atoms with Crippen LogP contribution in [0.4, 0.5) is 0 Å². The van der Waals surface area contributed by atoms with Gasteiger partial charge in [-0.05, 0) is 55.8 Å². The van der Waals surface area contributed by atoms with Crippen LogP contribution in [0.1, 0.15) is 29.0 Å². The molecule has 2 heteroatoms. The van der Waals surface area contributed by atoms with E-state index in [9.17, 15) is 0 Å². The molecule has 0 aliphatic heterocycles. The maximum absolute atomic E-state index is 6.18. The van der Waals surface area contributed by atoms with Gasteiger partial charge in [-0.25, -0.2) is 0 Å². The van der Waals surface area contributed by atoms with Crippen molar-refractivity contribution in [1.29, 1.82) is 0 Å². The zero-order chi connectivity index (χ0) is 14.1. The lowest BCUT2D eigenvalue weighted by Crippen LogP contribution is -2.35. The first-order valence-corrected chi connectivity index (χ1v) is 7.52. The van der Waals surface area contributed by atoms with Crippen LogP contribution in [0.25, 0.3) is 0 Å². The summed E-state index contributed by atoms with van der Waals surface area (Å²) in [5.41, 5.74) is 4.27. The lowest BCUT2D eigenvalue weighted by atomic mass is 9.76. The lowest BCUT2D eigenvalue weighted by Gasteiger charge is -2.35. The SMILES string of the molecule is CN(C)[C@@H]1Cc2ccccc2[C@H](c2cccc(Cl)c2)C1. The molecule has 0 unspecified atom stereocenters. The van der Waals surface area contributed by atoms with Gasteiger partial charge < -0.3 is 4.90 Å². The number of hydrogen-bond donors (Lipinski definition) is 0. The molecule has 0 amide bonds. The smallest absolute Gasteiger partial charge is 0.0408 e. The molecular formula is C18H20ClN. The maximum atomic E-state index is 6.18. The predicted octanol–water partition coefficient (Wildman–Crippen LogP) is 4.35. The Morgan fingerprint density at radius 2 is 1.85 bits per heavy atom. The van der Waals surface area contributed by atoms with Crippen molar-refractivity contribution < 1.29 is 0 Å². The molecule has 104 valence electrons. The Labute approximate surface area is 126 Å². The minimum atomic E-state index is 0.450. The van der Waals surface area contributed by atoms with Crippen LogP contribution in [0.5, 0.6) is 0 Å². The Morgan fingerprint density at radius 1 is 1.05 bits per heavy atom. The molecule has 0 N–H and O–H groups in total. The van der Waals surface area contributed by atoms with Gasteiger partial charge in [0.1, 0.15) is 0 Å². The molecule has 0 bridgehead atoms. The highest BCUT2D eigenvalue weighted by Crippen LogP contribution is 2.38. The summed E-state index contributed by atoms with van der Waals surface area (Å²) in [5, 5.41) is 0.826. The fourth-order valence-corrected chi connectivity index (χ4v) is 3.43. The first-order chi connectivity index (χ1) is 9.65. The van der Waals surface area contributed by atoms with E-state index in [0.717, 1.165) is 17.9 Å². The number of benzene rings is 2. The highest BCUT2D eigenvalue weighted by Gasteiger charge is 2.28. The molecule has 1 aliphatic rings. The average molecular weight is 286 g/mol. The summed E-state index contributed by atoms with van der Waals surface area (Å²) in [4.78, 5) is 2.34. The fraction of sp³-hybridized carbons (Fsp3) is 0.333. The van der Waals surface area contributed by atoms with Crippen molar-refractivity contribution in [2.24, 2.45) is 0 Å². The first-order valence-electron chi connectivity index (χ1n) is 7.15. The Kier molecular flexibility index (Phi) is 3.82. The van der Waals surface area contributed by atoms with E-state index in [1.54, 1.807) is 0 Å². The van der Waals surface area contributed by atoms with Gasteiger partial charge >= 0.3 is 0 Å².